The van der Waals surface area contributed by atoms with Crippen LogP contribution in [0.3, 0.4) is 0 Å². The normalized spacial score (nSPS) is 31.5. The van der Waals surface area contributed by atoms with Crippen molar-refractivity contribution in [1.82, 2.24) is 9.80 Å². The van der Waals surface area contributed by atoms with Crippen molar-refractivity contribution >= 4 is 35.2 Å². The van der Waals surface area contributed by atoms with Gasteiger partial charge in [0.15, 0.2) is 0 Å². The third-order valence-electron chi connectivity index (χ3n) is 8.92. The maximum Gasteiger partial charge on any atom is 0.251 e. The van der Waals surface area contributed by atoms with Crippen molar-refractivity contribution in [2.24, 2.45) is 11.8 Å². The Morgan fingerprint density at radius 3 is 2.34 bits per heavy atom. The number of thioether (sulfide) groups is 1. The van der Waals surface area contributed by atoms with E-state index in [1.807, 2.05) is 72.5 Å². The minimum absolute atomic E-state index is 0.0848. The second kappa shape index (κ2) is 10.4. The quantitative estimate of drug-likeness (QED) is 0.534. The highest BCUT2D eigenvalue weighted by atomic mass is 32.2. The van der Waals surface area contributed by atoms with Crippen LogP contribution in [0.5, 0.6) is 5.75 Å². The number of anilines is 1. The molecular weight excluding hydrogens is 538 g/mol. The van der Waals surface area contributed by atoms with Gasteiger partial charge in [-0.05, 0) is 43.7 Å². The van der Waals surface area contributed by atoms with Crippen molar-refractivity contribution in [3.05, 3.63) is 84.5 Å². The lowest BCUT2D eigenvalue weighted by Gasteiger charge is -2.38. The lowest BCUT2D eigenvalue weighted by molar-refractivity contribution is -0.145. The lowest BCUT2D eigenvalue weighted by Crippen LogP contribution is -2.56. The highest BCUT2D eigenvalue weighted by molar-refractivity contribution is 8.02. The number of aliphatic hydroxyl groups is 1. The summed E-state index contributed by atoms with van der Waals surface area (Å²) < 4.78 is 3.65. The molecule has 214 valence electrons. The number of aliphatic hydroxyl groups excluding tert-OH is 1. The third-order valence-corrected chi connectivity index (χ3v) is 10.7. The molecule has 1 unspecified atom stereocenters. The molecule has 0 radical (unpaired) electrons. The molecule has 1 N–H and O–H groups in total. The number of nitrogens with zero attached hydrogens (tertiary/aromatic N) is 3. The molecule has 6 atom stereocenters. The van der Waals surface area contributed by atoms with Crippen LogP contribution >= 0.6 is 11.8 Å². The van der Waals surface area contributed by atoms with E-state index in [1.54, 1.807) is 47.7 Å². The van der Waals surface area contributed by atoms with Crippen LogP contribution in [-0.2, 0) is 20.9 Å². The van der Waals surface area contributed by atoms with Gasteiger partial charge in [-0.1, -0.05) is 54.6 Å². The first-order chi connectivity index (χ1) is 19.7. The predicted octanol–water partition coefficient (Wildman–Crippen LogP) is 3.26. The fourth-order valence-electron chi connectivity index (χ4n) is 7.01. The SMILES string of the molecule is COc1ccc(N2CC=C[C@]34S[C@@]5(C)C=CCN(Cc6ccccc6)C(=O)[C@H]5[C@H]3C(=O)N([C@H](C)CO)C4C2=O)cc1. The monoisotopic (exact) mass is 573 g/mol. The summed E-state index contributed by atoms with van der Waals surface area (Å²) in [5.41, 5.74) is 1.71. The van der Waals surface area contributed by atoms with Gasteiger partial charge in [0.1, 0.15) is 11.8 Å². The smallest absolute Gasteiger partial charge is 0.251 e. The maximum atomic E-state index is 14.5. The van der Waals surface area contributed by atoms with Gasteiger partial charge in [-0.3, -0.25) is 14.4 Å². The van der Waals surface area contributed by atoms with Crippen molar-refractivity contribution < 1.29 is 24.2 Å². The van der Waals surface area contributed by atoms with Gasteiger partial charge >= 0.3 is 0 Å². The number of methoxy groups -OCH3 is 1. The topological polar surface area (TPSA) is 90.4 Å². The standard InChI is InChI=1S/C32H35N3O5S/c1-21(20-36)35-27-30(39)34(23-11-13-24(40-3)14-12-23)18-8-16-32(27)26(29(35)38)25-28(37)33(17-7-15-31(25,2)41-32)19-22-9-5-4-6-10-22/h4-16,21,25-27,36H,17-20H2,1-3H3/t21-,25-,26+,27?,31+,32+/m1/s1. The van der Waals surface area contributed by atoms with E-state index >= 15 is 0 Å². The average molecular weight is 574 g/mol. The summed E-state index contributed by atoms with van der Waals surface area (Å²) in [5, 5.41) is 10.2. The van der Waals surface area contributed by atoms with Crippen LogP contribution < -0.4 is 9.64 Å². The number of hydrogen-bond donors (Lipinski definition) is 1. The molecule has 2 fully saturated rings. The summed E-state index contributed by atoms with van der Waals surface area (Å²) in [6, 6.07) is 15.6. The van der Waals surface area contributed by atoms with Gasteiger partial charge in [0.2, 0.25) is 11.8 Å². The zero-order valence-electron chi connectivity index (χ0n) is 23.5. The summed E-state index contributed by atoms with van der Waals surface area (Å²) >= 11 is 1.55. The van der Waals surface area contributed by atoms with Gasteiger partial charge in [-0.25, -0.2) is 0 Å². The van der Waals surface area contributed by atoms with E-state index in [1.165, 1.54) is 0 Å². The lowest BCUT2D eigenvalue weighted by atomic mass is 9.74. The number of likely N-dealkylation sites (tertiary alicyclic amines) is 1. The first-order valence-electron chi connectivity index (χ1n) is 14.0. The van der Waals surface area contributed by atoms with Crippen LogP contribution in [0.25, 0.3) is 0 Å². The number of carbonyl (C=O) groups is 3. The van der Waals surface area contributed by atoms with Crippen molar-refractivity contribution in [3.8, 4) is 5.75 Å². The van der Waals surface area contributed by atoms with E-state index < -0.39 is 33.4 Å². The van der Waals surface area contributed by atoms with Crippen LogP contribution in [0.4, 0.5) is 5.69 Å². The van der Waals surface area contributed by atoms with Crippen molar-refractivity contribution in [2.45, 2.75) is 42.0 Å². The van der Waals surface area contributed by atoms with Gasteiger partial charge in [-0.15, -0.1) is 11.8 Å². The highest BCUT2D eigenvalue weighted by Crippen LogP contribution is 2.65. The van der Waals surface area contributed by atoms with E-state index in [9.17, 15) is 19.5 Å². The molecule has 2 aromatic rings. The molecule has 4 aliphatic heterocycles. The Morgan fingerprint density at radius 1 is 0.951 bits per heavy atom. The number of carbonyl (C=O) groups excluding carboxylic acids is 3. The fourth-order valence-corrected chi connectivity index (χ4v) is 9.16. The molecule has 6 rings (SSSR count). The number of benzene rings is 2. The Kier molecular flexibility index (Phi) is 6.98. The first-order valence-corrected chi connectivity index (χ1v) is 14.8. The summed E-state index contributed by atoms with van der Waals surface area (Å²) in [7, 11) is 1.59. The Balaban J connectivity index is 1.43. The second-order valence-electron chi connectivity index (χ2n) is 11.4. The fraction of sp³-hybridized carbons (Fsp3) is 0.406. The van der Waals surface area contributed by atoms with E-state index in [2.05, 4.69) is 6.08 Å². The van der Waals surface area contributed by atoms with Crippen LogP contribution in [0.2, 0.25) is 0 Å². The highest BCUT2D eigenvalue weighted by Gasteiger charge is 2.74. The molecule has 1 spiro atoms. The molecule has 4 aliphatic rings. The molecule has 2 aromatic carbocycles. The van der Waals surface area contributed by atoms with E-state index in [-0.39, 0.29) is 24.3 Å². The zero-order chi connectivity index (χ0) is 28.9. The molecule has 3 amide bonds. The van der Waals surface area contributed by atoms with Crippen molar-refractivity contribution in [3.63, 3.8) is 0 Å². The molecule has 8 nitrogen and oxygen atoms in total. The molecule has 4 heterocycles. The zero-order valence-corrected chi connectivity index (χ0v) is 24.3. The largest absolute Gasteiger partial charge is 0.497 e. The van der Waals surface area contributed by atoms with Crippen LogP contribution in [0.1, 0.15) is 19.4 Å². The molecule has 0 aliphatic carbocycles. The van der Waals surface area contributed by atoms with Crippen LogP contribution in [0.15, 0.2) is 78.9 Å². The summed E-state index contributed by atoms with van der Waals surface area (Å²) in [6.07, 6.45) is 8.03. The van der Waals surface area contributed by atoms with Crippen LogP contribution in [0, 0.1) is 11.8 Å². The number of fused-ring (bicyclic) bond motifs is 2. The van der Waals surface area contributed by atoms with E-state index in [4.69, 9.17) is 4.74 Å². The molecule has 41 heavy (non-hydrogen) atoms. The Morgan fingerprint density at radius 2 is 1.66 bits per heavy atom. The van der Waals surface area contributed by atoms with Gasteiger partial charge in [-0.2, -0.15) is 0 Å². The summed E-state index contributed by atoms with van der Waals surface area (Å²) in [5.74, 6) is -1.29. The Hall–Kier alpha value is -3.56. The molecule has 0 saturated carbocycles. The predicted molar refractivity (Wildman–Crippen MR) is 158 cm³/mol. The van der Waals surface area contributed by atoms with Gasteiger partial charge in [0.05, 0.1) is 36.3 Å². The average Bonchev–Trinajstić information content (AvgIpc) is 3.26. The molecule has 0 bridgehead atoms. The first kappa shape index (κ1) is 27.6. The summed E-state index contributed by atoms with van der Waals surface area (Å²) in [6.45, 7) is 4.71. The summed E-state index contributed by atoms with van der Waals surface area (Å²) in [4.78, 5) is 48.4. The van der Waals surface area contributed by atoms with E-state index in [0.717, 1.165) is 5.56 Å². The molecule has 2 saturated heterocycles. The molecule has 9 heteroatoms. The molecular formula is C32H35N3O5S. The van der Waals surface area contributed by atoms with E-state index in [0.29, 0.717) is 31.1 Å². The second-order valence-corrected chi connectivity index (χ2v) is 13.2. The van der Waals surface area contributed by atoms with Crippen molar-refractivity contribution in [2.75, 3.05) is 31.7 Å². The minimum Gasteiger partial charge on any atom is -0.497 e. The Labute approximate surface area is 244 Å². The third kappa shape index (κ3) is 4.28. The maximum absolute atomic E-state index is 14.5. The van der Waals surface area contributed by atoms with Gasteiger partial charge < -0.3 is 24.5 Å². The minimum atomic E-state index is -0.964. The number of amides is 3. The molecule has 0 aromatic heterocycles. The number of ether oxygens (including phenoxy) is 1. The van der Waals surface area contributed by atoms with Gasteiger partial charge in [0, 0.05) is 30.1 Å². The number of hydrogen-bond acceptors (Lipinski definition) is 6. The number of rotatable bonds is 6. The van der Waals surface area contributed by atoms with Crippen molar-refractivity contribution in [1.29, 1.82) is 0 Å². The van der Waals surface area contributed by atoms with Crippen LogP contribution in [-0.4, -0.2) is 81.0 Å². The Bertz CT molecular complexity index is 1410. The van der Waals surface area contributed by atoms with Gasteiger partial charge in [0.25, 0.3) is 5.91 Å².